The average Bonchev–Trinajstić information content (AvgIpc) is 1.97. The van der Waals surface area contributed by atoms with Crippen LogP contribution >= 0.6 is 0 Å². The lowest BCUT2D eigenvalue weighted by atomic mass is 10.3. The summed E-state index contributed by atoms with van der Waals surface area (Å²) < 4.78 is 10.00. The molecule has 0 spiro atoms. The van der Waals surface area contributed by atoms with Gasteiger partial charge >= 0.3 is 0 Å². The van der Waals surface area contributed by atoms with E-state index in [1.165, 1.54) is 0 Å². The number of hydrogen-bond donors (Lipinski definition) is 1. The van der Waals surface area contributed by atoms with Crippen molar-refractivity contribution in [2.75, 3.05) is 20.3 Å². The van der Waals surface area contributed by atoms with E-state index in [-0.39, 0.29) is 6.10 Å². The van der Waals surface area contributed by atoms with E-state index in [0.29, 0.717) is 19.6 Å². The fourth-order valence-electron chi connectivity index (χ4n) is 0.641. The average molecular weight is 162 g/mol. The van der Waals surface area contributed by atoms with E-state index in [1.807, 2.05) is 13.8 Å². The van der Waals surface area contributed by atoms with Crippen LogP contribution in [0.1, 0.15) is 20.3 Å². The Balaban J connectivity index is 3.15. The molecular formula is C8H18O3. The third-order valence-corrected chi connectivity index (χ3v) is 1.28. The van der Waals surface area contributed by atoms with Crippen molar-refractivity contribution in [1.29, 1.82) is 0 Å². The SMILES string of the molecule is COCCC(O)COC(C)C. The molecule has 0 heterocycles. The topological polar surface area (TPSA) is 38.7 Å². The summed E-state index contributed by atoms with van der Waals surface area (Å²) in [4.78, 5) is 0. The second-order valence-electron chi connectivity index (χ2n) is 2.82. The van der Waals surface area contributed by atoms with Gasteiger partial charge in [0, 0.05) is 13.7 Å². The predicted octanol–water partition coefficient (Wildman–Crippen LogP) is 0.809. The molecule has 1 N–H and O–H groups in total. The quantitative estimate of drug-likeness (QED) is 0.628. The number of ether oxygens (including phenoxy) is 2. The van der Waals surface area contributed by atoms with E-state index in [2.05, 4.69) is 0 Å². The molecule has 11 heavy (non-hydrogen) atoms. The molecule has 0 aliphatic heterocycles. The summed E-state index contributed by atoms with van der Waals surface area (Å²) >= 11 is 0. The van der Waals surface area contributed by atoms with Crippen LogP contribution in [0.4, 0.5) is 0 Å². The molecule has 0 fully saturated rings. The first kappa shape index (κ1) is 10.9. The maximum absolute atomic E-state index is 9.22. The maximum atomic E-state index is 9.22. The monoisotopic (exact) mass is 162 g/mol. The third-order valence-electron chi connectivity index (χ3n) is 1.28. The molecule has 0 radical (unpaired) electrons. The van der Waals surface area contributed by atoms with E-state index in [4.69, 9.17) is 9.47 Å². The molecule has 0 aromatic heterocycles. The van der Waals surface area contributed by atoms with Crippen molar-refractivity contribution >= 4 is 0 Å². The van der Waals surface area contributed by atoms with Crippen LogP contribution in [0.15, 0.2) is 0 Å². The largest absolute Gasteiger partial charge is 0.391 e. The van der Waals surface area contributed by atoms with Crippen LogP contribution in [0, 0.1) is 0 Å². The van der Waals surface area contributed by atoms with Crippen LogP contribution in [0.2, 0.25) is 0 Å². The first-order valence-corrected chi connectivity index (χ1v) is 3.95. The highest BCUT2D eigenvalue weighted by atomic mass is 16.5. The molecule has 1 unspecified atom stereocenters. The van der Waals surface area contributed by atoms with E-state index in [1.54, 1.807) is 7.11 Å². The second kappa shape index (κ2) is 6.58. The van der Waals surface area contributed by atoms with E-state index in [9.17, 15) is 5.11 Å². The Morgan fingerprint density at radius 1 is 1.36 bits per heavy atom. The number of hydrogen-bond acceptors (Lipinski definition) is 3. The summed E-state index contributed by atoms with van der Waals surface area (Å²) in [6.07, 6.45) is 0.438. The van der Waals surface area contributed by atoms with Gasteiger partial charge in [0.15, 0.2) is 0 Å². The van der Waals surface area contributed by atoms with Crippen LogP contribution in [-0.4, -0.2) is 37.6 Å². The minimum atomic E-state index is -0.391. The summed E-state index contributed by atoms with van der Waals surface area (Å²) in [5, 5.41) is 9.22. The number of aliphatic hydroxyl groups is 1. The first-order valence-electron chi connectivity index (χ1n) is 3.95. The molecule has 68 valence electrons. The Kier molecular flexibility index (Phi) is 6.51. The fraction of sp³-hybridized carbons (Fsp3) is 1.00. The van der Waals surface area contributed by atoms with Crippen molar-refractivity contribution in [3.8, 4) is 0 Å². The highest BCUT2D eigenvalue weighted by molar-refractivity contribution is 4.53. The van der Waals surface area contributed by atoms with E-state index in [0.717, 1.165) is 0 Å². The molecule has 1 atom stereocenters. The zero-order valence-corrected chi connectivity index (χ0v) is 7.54. The van der Waals surface area contributed by atoms with E-state index < -0.39 is 6.10 Å². The highest BCUT2D eigenvalue weighted by Gasteiger charge is 2.04. The van der Waals surface area contributed by atoms with Gasteiger partial charge in [-0.15, -0.1) is 0 Å². The summed E-state index contributed by atoms with van der Waals surface area (Å²) in [7, 11) is 1.62. The van der Waals surface area contributed by atoms with Crippen molar-refractivity contribution in [3.05, 3.63) is 0 Å². The van der Waals surface area contributed by atoms with Gasteiger partial charge in [-0.05, 0) is 20.3 Å². The summed E-state index contributed by atoms with van der Waals surface area (Å²) in [6, 6.07) is 0. The van der Waals surface area contributed by atoms with Crippen LogP contribution in [0.25, 0.3) is 0 Å². The van der Waals surface area contributed by atoms with E-state index >= 15 is 0 Å². The molecule has 0 aromatic carbocycles. The van der Waals surface area contributed by atoms with Gasteiger partial charge in [-0.1, -0.05) is 0 Å². The third kappa shape index (κ3) is 7.78. The Morgan fingerprint density at radius 2 is 2.00 bits per heavy atom. The highest BCUT2D eigenvalue weighted by Crippen LogP contribution is 1.95. The summed E-state index contributed by atoms with van der Waals surface area (Å²) in [5.74, 6) is 0. The van der Waals surface area contributed by atoms with Gasteiger partial charge in [0.2, 0.25) is 0 Å². The predicted molar refractivity (Wildman–Crippen MR) is 43.6 cm³/mol. The molecular weight excluding hydrogens is 144 g/mol. The minimum absolute atomic E-state index is 0.187. The van der Waals surface area contributed by atoms with Crippen molar-refractivity contribution in [3.63, 3.8) is 0 Å². The molecule has 3 nitrogen and oxygen atoms in total. The number of rotatable bonds is 6. The summed E-state index contributed by atoms with van der Waals surface area (Å²) in [5.41, 5.74) is 0. The number of methoxy groups -OCH3 is 1. The van der Waals surface area contributed by atoms with Crippen LogP contribution in [-0.2, 0) is 9.47 Å². The molecule has 0 aromatic rings. The number of aliphatic hydroxyl groups excluding tert-OH is 1. The first-order chi connectivity index (χ1) is 5.16. The molecule has 0 amide bonds. The molecule has 0 saturated heterocycles. The van der Waals surface area contributed by atoms with Gasteiger partial charge < -0.3 is 14.6 Å². The van der Waals surface area contributed by atoms with Crippen molar-refractivity contribution in [2.45, 2.75) is 32.5 Å². The molecule has 0 rings (SSSR count). The zero-order chi connectivity index (χ0) is 8.69. The normalized spacial score (nSPS) is 13.9. The molecule has 0 aliphatic carbocycles. The van der Waals surface area contributed by atoms with Gasteiger partial charge in [0.05, 0.1) is 18.8 Å². The lowest BCUT2D eigenvalue weighted by Gasteiger charge is -2.12. The Hall–Kier alpha value is -0.120. The fourth-order valence-corrected chi connectivity index (χ4v) is 0.641. The lowest BCUT2D eigenvalue weighted by molar-refractivity contribution is -0.00607. The summed E-state index contributed by atoms with van der Waals surface area (Å²) in [6.45, 7) is 4.88. The van der Waals surface area contributed by atoms with Gasteiger partial charge in [-0.2, -0.15) is 0 Å². The van der Waals surface area contributed by atoms with Crippen LogP contribution < -0.4 is 0 Å². The smallest absolute Gasteiger partial charge is 0.0795 e. The molecule has 0 aliphatic rings. The molecule has 0 bridgehead atoms. The van der Waals surface area contributed by atoms with Gasteiger partial charge in [0.25, 0.3) is 0 Å². The second-order valence-corrected chi connectivity index (χ2v) is 2.82. The lowest BCUT2D eigenvalue weighted by Crippen LogP contribution is -2.19. The van der Waals surface area contributed by atoms with Gasteiger partial charge in [-0.3, -0.25) is 0 Å². The molecule has 3 heteroatoms. The Morgan fingerprint density at radius 3 is 2.45 bits per heavy atom. The van der Waals surface area contributed by atoms with Crippen molar-refractivity contribution in [1.82, 2.24) is 0 Å². The van der Waals surface area contributed by atoms with Crippen LogP contribution in [0.3, 0.4) is 0 Å². The molecule has 0 saturated carbocycles. The Bertz CT molecular complexity index is 83.4. The standard InChI is InChI=1S/C8H18O3/c1-7(2)11-6-8(9)4-5-10-3/h7-9H,4-6H2,1-3H3. The van der Waals surface area contributed by atoms with Crippen LogP contribution in [0.5, 0.6) is 0 Å². The Labute approximate surface area is 68.3 Å². The maximum Gasteiger partial charge on any atom is 0.0795 e. The van der Waals surface area contributed by atoms with Gasteiger partial charge in [-0.25, -0.2) is 0 Å². The zero-order valence-electron chi connectivity index (χ0n) is 7.54. The minimum Gasteiger partial charge on any atom is -0.391 e. The van der Waals surface area contributed by atoms with Crippen molar-refractivity contribution < 1.29 is 14.6 Å². The van der Waals surface area contributed by atoms with Gasteiger partial charge in [0.1, 0.15) is 0 Å². The van der Waals surface area contributed by atoms with Crippen molar-refractivity contribution in [2.24, 2.45) is 0 Å².